The van der Waals surface area contributed by atoms with Gasteiger partial charge in [0.15, 0.2) is 9.84 Å². The summed E-state index contributed by atoms with van der Waals surface area (Å²) >= 11 is 0. The first-order valence-corrected chi connectivity index (χ1v) is 10.6. The molecule has 2 aromatic rings. The van der Waals surface area contributed by atoms with Crippen LogP contribution in [-0.4, -0.2) is 38.4 Å². The van der Waals surface area contributed by atoms with Crippen LogP contribution in [0, 0.1) is 13.8 Å². The van der Waals surface area contributed by atoms with Gasteiger partial charge in [0, 0.05) is 11.4 Å². The molecule has 138 valence electrons. The van der Waals surface area contributed by atoms with Crippen LogP contribution in [0.5, 0.6) is 0 Å². The molecule has 1 atom stereocenters. The van der Waals surface area contributed by atoms with Crippen LogP contribution in [0.4, 0.5) is 11.4 Å². The smallest absolute Gasteiger partial charge is 0.246 e. The van der Waals surface area contributed by atoms with Gasteiger partial charge in [-0.1, -0.05) is 30.3 Å². The predicted octanol–water partition coefficient (Wildman–Crippen LogP) is 2.94. The van der Waals surface area contributed by atoms with Crippen LogP contribution in [0.25, 0.3) is 0 Å². The number of hydrogen-bond acceptors (Lipinski definition) is 4. The molecule has 0 aromatic heterocycles. The fourth-order valence-corrected chi connectivity index (χ4v) is 5.01. The van der Waals surface area contributed by atoms with Crippen molar-refractivity contribution in [2.45, 2.75) is 26.3 Å². The summed E-state index contributed by atoms with van der Waals surface area (Å²) in [4.78, 5) is 14.6. The topological polar surface area (TPSA) is 66.5 Å². The van der Waals surface area contributed by atoms with Crippen LogP contribution in [0.1, 0.15) is 17.5 Å². The molecule has 0 aliphatic carbocycles. The number of para-hydroxylation sites is 1. The largest absolute Gasteiger partial charge is 0.376 e. The Morgan fingerprint density at radius 1 is 1.15 bits per heavy atom. The molecule has 1 N–H and O–H groups in total. The van der Waals surface area contributed by atoms with E-state index in [0.717, 1.165) is 22.5 Å². The lowest BCUT2D eigenvalue weighted by atomic mass is 10.1. The van der Waals surface area contributed by atoms with Crippen LogP contribution < -0.4 is 10.2 Å². The first-order chi connectivity index (χ1) is 12.4. The van der Waals surface area contributed by atoms with E-state index in [-0.39, 0.29) is 30.0 Å². The highest BCUT2D eigenvalue weighted by Crippen LogP contribution is 2.25. The number of benzene rings is 2. The Balaban J connectivity index is 1.80. The number of sulfone groups is 1. The van der Waals surface area contributed by atoms with E-state index in [1.807, 2.05) is 62.4 Å². The number of amides is 1. The molecule has 0 bridgehead atoms. The van der Waals surface area contributed by atoms with Crippen molar-refractivity contribution in [3.63, 3.8) is 0 Å². The van der Waals surface area contributed by atoms with Crippen molar-refractivity contribution >= 4 is 27.1 Å². The zero-order valence-corrected chi connectivity index (χ0v) is 15.9. The van der Waals surface area contributed by atoms with E-state index in [4.69, 9.17) is 0 Å². The lowest BCUT2D eigenvalue weighted by molar-refractivity contribution is -0.117. The van der Waals surface area contributed by atoms with E-state index in [1.165, 1.54) is 0 Å². The minimum absolute atomic E-state index is 0.0249. The number of rotatable bonds is 5. The zero-order valence-electron chi connectivity index (χ0n) is 15.1. The number of nitrogens with one attached hydrogen (secondary N) is 1. The van der Waals surface area contributed by atoms with E-state index in [9.17, 15) is 13.2 Å². The molecule has 1 amide bonds. The third-order valence-electron chi connectivity index (χ3n) is 4.70. The van der Waals surface area contributed by atoms with Gasteiger partial charge in [0.2, 0.25) is 5.91 Å². The van der Waals surface area contributed by atoms with Crippen molar-refractivity contribution in [1.29, 1.82) is 0 Å². The van der Waals surface area contributed by atoms with Crippen LogP contribution in [0.15, 0.2) is 48.5 Å². The second kappa shape index (κ2) is 7.50. The minimum Gasteiger partial charge on any atom is -0.376 e. The standard InChI is InChI=1S/C20H24N2O3S/c1-15-8-9-16(2)19(12-15)21-13-20(23)22(17-6-4-3-5-7-17)18-10-11-26(24,25)14-18/h3-9,12,18,21H,10-11,13-14H2,1-2H3. The maximum absolute atomic E-state index is 13.0. The van der Waals surface area contributed by atoms with Gasteiger partial charge in [0.1, 0.15) is 0 Å². The summed E-state index contributed by atoms with van der Waals surface area (Å²) < 4.78 is 23.8. The molecule has 1 fully saturated rings. The average Bonchev–Trinajstić information content (AvgIpc) is 2.96. The van der Waals surface area contributed by atoms with E-state index >= 15 is 0 Å². The van der Waals surface area contributed by atoms with Crippen molar-refractivity contribution < 1.29 is 13.2 Å². The van der Waals surface area contributed by atoms with Crippen LogP contribution in [-0.2, 0) is 14.6 Å². The summed E-state index contributed by atoms with van der Waals surface area (Å²) in [6.07, 6.45) is 0.479. The lowest BCUT2D eigenvalue weighted by Gasteiger charge is -2.29. The first kappa shape index (κ1) is 18.5. The minimum atomic E-state index is -3.08. The highest BCUT2D eigenvalue weighted by atomic mass is 32.2. The molecule has 5 nitrogen and oxygen atoms in total. The second-order valence-electron chi connectivity index (χ2n) is 6.83. The van der Waals surface area contributed by atoms with Crippen molar-refractivity contribution in [2.24, 2.45) is 0 Å². The molecule has 1 aliphatic heterocycles. The molecule has 0 spiro atoms. The summed E-state index contributed by atoms with van der Waals surface area (Å²) in [5, 5.41) is 3.21. The number of hydrogen-bond donors (Lipinski definition) is 1. The summed E-state index contributed by atoms with van der Waals surface area (Å²) in [5.74, 6) is 0.0368. The van der Waals surface area contributed by atoms with E-state index in [2.05, 4.69) is 5.32 Å². The fraction of sp³-hybridized carbons (Fsp3) is 0.350. The van der Waals surface area contributed by atoms with Crippen LogP contribution in [0.2, 0.25) is 0 Å². The zero-order chi connectivity index (χ0) is 18.7. The molecule has 2 aromatic carbocycles. The molecule has 3 rings (SSSR count). The number of aryl methyl sites for hydroxylation is 2. The number of carbonyl (C=O) groups excluding carboxylic acids is 1. The summed E-state index contributed by atoms with van der Waals surface area (Å²) in [5.41, 5.74) is 3.85. The molecule has 0 radical (unpaired) electrons. The van der Waals surface area contributed by atoms with Crippen LogP contribution in [0.3, 0.4) is 0 Å². The molecule has 1 heterocycles. The molecule has 1 unspecified atom stereocenters. The highest BCUT2D eigenvalue weighted by Gasteiger charge is 2.35. The molecular weight excluding hydrogens is 348 g/mol. The van der Waals surface area contributed by atoms with Gasteiger partial charge in [0.05, 0.1) is 24.1 Å². The Labute approximate surface area is 154 Å². The number of nitrogens with zero attached hydrogens (tertiary/aromatic N) is 1. The molecular formula is C20H24N2O3S. The van der Waals surface area contributed by atoms with Gasteiger partial charge in [-0.15, -0.1) is 0 Å². The normalized spacial score (nSPS) is 18.5. The lowest BCUT2D eigenvalue weighted by Crippen LogP contribution is -2.44. The Morgan fingerprint density at radius 2 is 1.88 bits per heavy atom. The second-order valence-corrected chi connectivity index (χ2v) is 9.06. The SMILES string of the molecule is Cc1ccc(C)c(NCC(=O)N(c2ccccc2)C2CCS(=O)(=O)C2)c1. The first-order valence-electron chi connectivity index (χ1n) is 8.74. The molecule has 6 heteroatoms. The Kier molecular flexibility index (Phi) is 5.32. The van der Waals surface area contributed by atoms with Gasteiger partial charge in [-0.3, -0.25) is 4.79 Å². The fourth-order valence-electron chi connectivity index (χ4n) is 3.31. The van der Waals surface area contributed by atoms with E-state index in [0.29, 0.717) is 6.42 Å². The summed E-state index contributed by atoms with van der Waals surface area (Å²) in [7, 11) is -3.08. The molecule has 1 aliphatic rings. The van der Waals surface area contributed by atoms with Crippen molar-refractivity contribution in [1.82, 2.24) is 0 Å². The number of anilines is 2. The van der Waals surface area contributed by atoms with E-state index < -0.39 is 9.84 Å². The summed E-state index contributed by atoms with van der Waals surface area (Å²) in [6, 6.07) is 15.0. The third kappa shape index (κ3) is 4.25. The number of carbonyl (C=O) groups is 1. The maximum Gasteiger partial charge on any atom is 0.246 e. The van der Waals surface area contributed by atoms with Crippen molar-refractivity contribution in [3.8, 4) is 0 Å². The highest BCUT2D eigenvalue weighted by molar-refractivity contribution is 7.91. The van der Waals surface area contributed by atoms with Crippen molar-refractivity contribution in [3.05, 3.63) is 59.7 Å². The predicted molar refractivity (Wildman–Crippen MR) is 105 cm³/mol. The van der Waals surface area contributed by atoms with E-state index in [1.54, 1.807) is 4.90 Å². The average molecular weight is 372 g/mol. The van der Waals surface area contributed by atoms with Gasteiger partial charge in [-0.2, -0.15) is 0 Å². The van der Waals surface area contributed by atoms with Gasteiger partial charge in [-0.25, -0.2) is 8.42 Å². The Hall–Kier alpha value is -2.34. The van der Waals surface area contributed by atoms with Gasteiger partial charge in [-0.05, 0) is 49.6 Å². The Bertz CT molecular complexity index is 895. The van der Waals surface area contributed by atoms with Gasteiger partial charge in [0.25, 0.3) is 0 Å². The van der Waals surface area contributed by atoms with Crippen molar-refractivity contribution in [2.75, 3.05) is 28.3 Å². The monoisotopic (exact) mass is 372 g/mol. The van der Waals surface area contributed by atoms with Crippen LogP contribution >= 0.6 is 0 Å². The third-order valence-corrected chi connectivity index (χ3v) is 6.45. The Morgan fingerprint density at radius 3 is 2.54 bits per heavy atom. The quantitative estimate of drug-likeness (QED) is 0.876. The van der Waals surface area contributed by atoms with Gasteiger partial charge < -0.3 is 10.2 Å². The molecule has 0 saturated carbocycles. The van der Waals surface area contributed by atoms with Gasteiger partial charge >= 0.3 is 0 Å². The molecule has 1 saturated heterocycles. The molecule has 26 heavy (non-hydrogen) atoms. The summed E-state index contributed by atoms with van der Waals surface area (Å²) in [6.45, 7) is 4.12. The maximum atomic E-state index is 13.0.